The van der Waals surface area contributed by atoms with Gasteiger partial charge in [-0.2, -0.15) is 0 Å². The summed E-state index contributed by atoms with van der Waals surface area (Å²) < 4.78 is 0. The third-order valence-corrected chi connectivity index (χ3v) is 6.18. The lowest BCUT2D eigenvalue weighted by Crippen LogP contribution is -2.32. The van der Waals surface area contributed by atoms with Gasteiger partial charge in [-0.15, -0.1) is 0 Å². The Labute approximate surface area is 174 Å². The number of nitrogens with zero attached hydrogens (tertiary/aromatic N) is 5. The summed E-state index contributed by atoms with van der Waals surface area (Å²) in [6, 6.07) is 2.17. The number of hydrogen-bond acceptors (Lipinski definition) is 5. The molecule has 160 valence electrons. The van der Waals surface area contributed by atoms with Crippen molar-refractivity contribution < 1.29 is 9.59 Å². The van der Waals surface area contributed by atoms with Crippen LogP contribution in [0.25, 0.3) is 0 Å². The maximum absolute atomic E-state index is 12.6. The van der Waals surface area contributed by atoms with Crippen molar-refractivity contribution in [3.05, 3.63) is 17.6 Å². The first kappa shape index (κ1) is 21.5. The van der Waals surface area contributed by atoms with E-state index in [9.17, 15) is 9.59 Å². The molecule has 0 bridgehead atoms. The molecule has 1 atom stereocenters. The lowest BCUT2D eigenvalue weighted by Gasteiger charge is -2.22. The molecule has 0 N–H and O–H groups in total. The molecule has 7 nitrogen and oxygen atoms in total. The Morgan fingerprint density at radius 2 is 1.90 bits per heavy atom. The Morgan fingerprint density at radius 3 is 2.48 bits per heavy atom. The molecule has 2 heterocycles. The minimum atomic E-state index is 0.0739. The fourth-order valence-corrected chi connectivity index (χ4v) is 4.36. The standard InChI is InChI=1S/C22H35N5O2/c1-15(2)27-13-17(11-22(27)29)18-12-20(25(3)4)24-19(23-18)14-26(5)21(28)10-16-8-6-7-9-16/h12,15-17H,6-11,13-14H2,1-5H3/t17-/m0/s1. The second kappa shape index (κ2) is 9.09. The zero-order chi connectivity index (χ0) is 21.1. The molecule has 1 saturated heterocycles. The highest BCUT2D eigenvalue weighted by atomic mass is 16.2. The zero-order valence-electron chi connectivity index (χ0n) is 18.5. The van der Waals surface area contributed by atoms with Crippen molar-refractivity contribution in [3.8, 4) is 0 Å². The van der Waals surface area contributed by atoms with E-state index in [0.717, 1.165) is 11.5 Å². The number of aromatic nitrogens is 2. The third kappa shape index (κ3) is 5.25. The highest BCUT2D eigenvalue weighted by Crippen LogP contribution is 2.30. The van der Waals surface area contributed by atoms with Crippen LogP contribution in [0.1, 0.15) is 69.8 Å². The predicted molar refractivity (Wildman–Crippen MR) is 114 cm³/mol. The Bertz CT molecular complexity index is 743. The number of anilines is 1. The molecule has 3 rings (SSSR count). The van der Waals surface area contributed by atoms with E-state index in [4.69, 9.17) is 4.98 Å². The van der Waals surface area contributed by atoms with Crippen molar-refractivity contribution in [2.45, 2.75) is 70.9 Å². The van der Waals surface area contributed by atoms with Crippen LogP contribution in [-0.4, -0.2) is 65.3 Å². The molecule has 0 aromatic carbocycles. The number of carbonyl (C=O) groups is 2. The largest absolute Gasteiger partial charge is 0.363 e. The van der Waals surface area contributed by atoms with Gasteiger partial charge < -0.3 is 14.7 Å². The molecule has 1 aliphatic heterocycles. The molecular formula is C22H35N5O2. The molecule has 1 aromatic rings. The van der Waals surface area contributed by atoms with E-state index in [1.807, 2.05) is 50.9 Å². The molecule has 2 aliphatic rings. The van der Waals surface area contributed by atoms with Gasteiger partial charge >= 0.3 is 0 Å². The van der Waals surface area contributed by atoms with Gasteiger partial charge in [0.25, 0.3) is 0 Å². The van der Waals surface area contributed by atoms with Crippen LogP contribution in [0.5, 0.6) is 0 Å². The summed E-state index contributed by atoms with van der Waals surface area (Å²) in [5, 5.41) is 0. The van der Waals surface area contributed by atoms with Gasteiger partial charge in [0.1, 0.15) is 11.6 Å². The molecule has 0 unspecified atom stereocenters. The van der Waals surface area contributed by atoms with Crippen molar-refractivity contribution in [2.24, 2.45) is 5.92 Å². The normalized spacial score (nSPS) is 20.0. The summed E-state index contributed by atoms with van der Waals surface area (Å²) in [5.41, 5.74) is 0.895. The topological polar surface area (TPSA) is 69.6 Å². The molecule has 1 aromatic heterocycles. The summed E-state index contributed by atoms with van der Waals surface area (Å²) in [6.45, 7) is 5.18. The van der Waals surface area contributed by atoms with Gasteiger partial charge in [0.15, 0.2) is 0 Å². The van der Waals surface area contributed by atoms with Crippen molar-refractivity contribution in [3.63, 3.8) is 0 Å². The molecular weight excluding hydrogens is 366 g/mol. The van der Waals surface area contributed by atoms with E-state index >= 15 is 0 Å². The van der Waals surface area contributed by atoms with Crippen molar-refractivity contribution in [1.29, 1.82) is 0 Å². The second-order valence-corrected chi connectivity index (χ2v) is 9.11. The molecule has 2 fully saturated rings. The van der Waals surface area contributed by atoms with Crippen molar-refractivity contribution in [2.75, 3.05) is 32.6 Å². The van der Waals surface area contributed by atoms with Crippen molar-refractivity contribution in [1.82, 2.24) is 19.8 Å². The fourth-order valence-electron chi connectivity index (χ4n) is 4.36. The van der Waals surface area contributed by atoms with E-state index in [2.05, 4.69) is 4.98 Å². The van der Waals surface area contributed by atoms with Crippen molar-refractivity contribution >= 4 is 17.6 Å². The first-order valence-electron chi connectivity index (χ1n) is 10.8. The SMILES string of the molecule is CC(C)N1C[C@@H](c2cc(N(C)C)nc(CN(C)C(=O)CC3CCCC3)n2)CC1=O. The first-order chi connectivity index (χ1) is 13.7. The van der Waals surface area contributed by atoms with E-state index in [-0.39, 0.29) is 23.8 Å². The van der Waals surface area contributed by atoms with E-state index < -0.39 is 0 Å². The summed E-state index contributed by atoms with van der Waals surface area (Å²) in [6.07, 6.45) is 5.92. The zero-order valence-corrected chi connectivity index (χ0v) is 18.5. The van der Waals surface area contributed by atoms with Gasteiger partial charge in [-0.25, -0.2) is 9.97 Å². The second-order valence-electron chi connectivity index (χ2n) is 9.11. The Morgan fingerprint density at radius 1 is 1.21 bits per heavy atom. The van der Waals surface area contributed by atoms with E-state index in [1.165, 1.54) is 25.7 Å². The minimum absolute atomic E-state index is 0.0739. The first-order valence-corrected chi connectivity index (χ1v) is 10.8. The maximum Gasteiger partial charge on any atom is 0.223 e. The summed E-state index contributed by atoms with van der Waals surface area (Å²) in [7, 11) is 5.73. The van der Waals surface area contributed by atoms with Crippen LogP contribution in [0.4, 0.5) is 5.82 Å². The number of likely N-dealkylation sites (tertiary alicyclic amines) is 1. The van der Waals surface area contributed by atoms with Gasteiger partial charge in [0, 0.05) is 58.6 Å². The monoisotopic (exact) mass is 401 g/mol. The lowest BCUT2D eigenvalue weighted by molar-refractivity contribution is -0.131. The van der Waals surface area contributed by atoms with Gasteiger partial charge in [-0.3, -0.25) is 9.59 Å². The van der Waals surface area contributed by atoms with E-state index in [0.29, 0.717) is 37.7 Å². The van der Waals surface area contributed by atoms with Crippen LogP contribution in [0.2, 0.25) is 0 Å². The van der Waals surface area contributed by atoms with Crippen LogP contribution in [0.3, 0.4) is 0 Å². The highest BCUT2D eigenvalue weighted by molar-refractivity contribution is 5.80. The molecule has 2 amide bonds. The third-order valence-electron chi connectivity index (χ3n) is 6.18. The smallest absolute Gasteiger partial charge is 0.223 e. The number of hydrogen-bond donors (Lipinski definition) is 0. The highest BCUT2D eigenvalue weighted by Gasteiger charge is 2.33. The Kier molecular flexibility index (Phi) is 6.75. The van der Waals surface area contributed by atoms with Crippen LogP contribution >= 0.6 is 0 Å². The lowest BCUT2D eigenvalue weighted by atomic mass is 10.0. The molecule has 7 heteroatoms. The predicted octanol–water partition coefficient (Wildman–Crippen LogP) is 2.81. The molecule has 0 radical (unpaired) electrons. The maximum atomic E-state index is 12.6. The number of rotatable bonds is 7. The summed E-state index contributed by atoms with van der Waals surface area (Å²) in [4.78, 5) is 40.0. The number of amides is 2. The van der Waals surface area contributed by atoms with Gasteiger partial charge in [-0.1, -0.05) is 12.8 Å². The van der Waals surface area contributed by atoms with Crippen LogP contribution in [0, 0.1) is 5.92 Å². The molecule has 29 heavy (non-hydrogen) atoms. The van der Waals surface area contributed by atoms with Gasteiger partial charge in [-0.05, 0) is 32.6 Å². The fraction of sp³-hybridized carbons (Fsp3) is 0.727. The van der Waals surface area contributed by atoms with Crippen LogP contribution in [-0.2, 0) is 16.1 Å². The van der Waals surface area contributed by atoms with E-state index in [1.54, 1.807) is 4.90 Å². The Hall–Kier alpha value is -2.18. The molecule has 1 saturated carbocycles. The minimum Gasteiger partial charge on any atom is -0.363 e. The summed E-state index contributed by atoms with van der Waals surface area (Å²) in [5.74, 6) is 2.41. The average molecular weight is 402 g/mol. The summed E-state index contributed by atoms with van der Waals surface area (Å²) >= 11 is 0. The van der Waals surface area contributed by atoms with Gasteiger partial charge in [0.2, 0.25) is 11.8 Å². The average Bonchev–Trinajstić information content (AvgIpc) is 3.30. The number of carbonyl (C=O) groups excluding carboxylic acids is 2. The quantitative estimate of drug-likeness (QED) is 0.703. The van der Waals surface area contributed by atoms with Crippen LogP contribution in [0.15, 0.2) is 6.07 Å². The van der Waals surface area contributed by atoms with Crippen LogP contribution < -0.4 is 4.90 Å². The molecule has 1 aliphatic carbocycles. The molecule has 0 spiro atoms. The Balaban J connectivity index is 1.74. The van der Waals surface area contributed by atoms with Gasteiger partial charge in [0.05, 0.1) is 12.2 Å².